The van der Waals surface area contributed by atoms with Crippen molar-refractivity contribution in [2.45, 2.75) is 19.4 Å². The van der Waals surface area contributed by atoms with Gasteiger partial charge in [-0.2, -0.15) is 0 Å². The summed E-state index contributed by atoms with van der Waals surface area (Å²) in [5, 5.41) is 9.64. The van der Waals surface area contributed by atoms with E-state index in [-0.39, 0.29) is 30.8 Å². The van der Waals surface area contributed by atoms with Crippen molar-refractivity contribution < 1.29 is 19.1 Å². The molecule has 3 rings (SSSR count). The second kappa shape index (κ2) is 10.6. The lowest BCUT2D eigenvalue weighted by Gasteiger charge is -2.19. The van der Waals surface area contributed by atoms with Crippen LogP contribution in [-0.2, 0) is 20.7 Å². The van der Waals surface area contributed by atoms with E-state index in [9.17, 15) is 14.4 Å². The molecule has 0 aliphatic carbocycles. The normalized spacial score (nSPS) is 11.3. The number of H-pyrrole nitrogens is 1. The molecule has 0 aliphatic heterocycles. The number of hydrogen-bond donors (Lipinski definition) is 3. The zero-order valence-corrected chi connectivity index (χ0v) is 17.4. The van der Waals surface area contributed by atoms with E-state index in [1.54, 1.807) is 25.3 Å². The number of azide groups is 1. The van der Waals surface area contributed by atoms with Crippen LogP contribution in [0.2, 0.25) is 0 Å². The summed E-state index contributed by atoms with van der Waals surface area (Å²) < 4.78 is 4.84. The molecule has 10 nitrogen and oxygen atoms in total. The number of ether oxygens (including phenoxy) is 1. The summed E-state index contributed by atoms with van der Waals surface area (Å²) in [5.41, 5.74) is 10.7. The molecule has 1 heterocycles. The van der Waals surface area contributed by atoms with E-state index in [2.05, 4.69) is 25.6 Å². The van der Waals surface area contributed by atoms with Gasteiger partial charge >= 0.3 is 5.97 Å². The van der Waals surface area contributed by atoms with E-state index < -0.39 is 23.8 Å². The van der Waals surface area contributed by atoms with Crippen LogP contribution in [0.5, 0.6) is 0 Å². The van der Waals surface area contributed by atoms with Gasteiger partial charge in [-0.15, -0.1) is 0 Å². The van der Waals surface area contributed by atoms with Crippen molar-refractivity contribution in [3.8, 4) is 0 Å². The first-order chi connectivity index (χ1) is 15.5. The van der Waals surface area contributed by atoms with Crippen molar-refractivity contribution in [3.63, 3.8) is 0 Å². The number of amides is 2. The molecule has 0 saturated carbocycles. The van der Waals surface area contributed by atoms with Crippen molar-refractivity contribution in [3.05, 3.63) is 76.3 Å². The molecule has 164 valence electrons. The minimum atomic E-state index is -0.991. The lowest BCUT2D eigenvalue weighted by Crippen LogP contribution is -2.49. The number of benzene rings is 2. The SMILES string of the molecule is CCOC(=O)CNC(=O)[C@H](Cc1c[nH]c2ccccc12)NC(=O)c1ccccc1N=[N+]=[N-]. The smallest absolute Gasteiger partial charge is 0.325 e. The zero-order chi connectivity index (χ0) is 22.9. The molecule has 3 N–H and O–H groups in total. The van der Waals surface area contributed by atoms with Gasteiger partial charge in [0, 0.05) is 34.0 Å². The van der Waals surface area contributed by atoms with Gasteiger partial charge in [0.25, 0.3) is 5.91 Å². The molecule has 0 aliphatic rings. The maximum atomic E-state index is 12.9. The van der Waals surface area contributed by atoms with Crippen LogP contribution in [0.1, 0.15) is 22.8 Å². The molecule has 10 heteroatoms. The van der Waals surface area contributed by atoms with Crippen LogP contribution in [0.4, 0.5) is 5.69 Å². The first-order valence-electron chi connectivity index (χ1n) is 9.96. The highest BCUT2D eigenvalue weighted by atomic mass is 16.5. The van der Waals surface area contributed by atoms with Gasteiger partial charge in [0.1, 0.15) is 12.6 Å². The predicted molar refractivity (Wildman–Crippen MR) is 118 cm³/mol. The number of nitrogens with one attached hydrogen (secondary N) is 3. The molecule has 0 unspecified atom stereocenters. The van der Waals surface area contributed by atoms with Gasteiger partial charge in [0.15, 0.2) is 0 Å². The van der Waals surface area contributed by atoms with Crippen molar-refractivity contribution in [2.24, 2.45) is 5.11 Å². The third kappa shape index (κ3) is 5.44. The number of rotatable bonds is 9. The largest absolute Gasteiger partial charge is 0.465 e. The third-order valence-electron chi connectivity index (χ3n) is 4.73. The van der Waals surface area contributed by atoms with Gasteiger partial charge in [0.2, 0.25) is 5.91 Å². The van der Waals surface area contributed by atoms with Crippen LogP contribution in [-0.4, -0.2) is 42.0 Å². The summed E-state index contributed by atoms with van der Waals surface area (Å²) in [6.45, 7) is 1.55. The number of carbonyl (C=O) groups excluding carboxylic acids is 3. The maximum absolute atomic E-state index is 12.9. The summed E-state index contributed by atoms with van der Waals surface area (Å²) >= 11 is 0. The predicted octanol–water partition coefficient (Wildman–Crippen LogP) is 3.13. The van der Waals surface area contributed by atoms with Crippen LogP contribution in [0.25, 0.3) is 21.3 Å². The molecular formula is C22H22N6O4. The molecule has 0 spiro atoms. The summed E-state index contributed by atoms with van der Waals surface area (Å²) in [4.78, 5) is 43.3. The van der Waals surface area contributed by atoms with E-state index in [0.29, 0.717) is 0 Å². The first-order valence-corrected chi connectivity index (χ1v) is 9.96. The van der Waals surface area contributed by atoms with E-state index in [4.69, 9.17) is 10.3 Å². The Labute approximate surface area is 183 Å². The van der Waals surface area contributed by atoms with E-state index >= 15 is 0 Å². The number of aromatic nitrogens is 1. The molecule has 1 atom stereocenters. The average molecular weight is 434 g/mol. The number of nitrogens with zero attached hydrogens (tertiary/aromatic N) is 3. The summed E-state index contributed by atoms with van der Waals surface area (Å²) in [7, 11) is 0. The standard InChI is InChI=1S/C22H22N6O4/c1-2-32-20(29)13-25-22(31)19(11-14-12-24-17-9-5-3-7-15(14)17)26-21(30)16-8-4-6-10-18(16)27-28-23/h3-10,12,19,24H,2,11,13H2,1H3,(H,25,31)(H,26,30)/t19-/m0/s1. The highest BCUT2D eigenvalue weighted by Crippen LogP contribution is 2.21. The highest BCUT2D eigenvalue weighted by molar-refractivity contribution is 6.01. The molecule has 2 amide bonds. The van der Waals surface area contributed by atoms with Crippen LogP contribution in [0.15, 0.2) is 59.8 Å². The number of carbonyl (C=O) groups is 3. The fraction of sp³-hybridized carbons (Fsp3) is 0.227. The fourth-order valence-electron chi connectivity index (χ4n) is 3.26. The Hall–Kier alpha value is -4.30. The number of fused-ring (bicyclic) bond motifs is 1. The Morgan fingerprint density at radius 3 is 2.69 bits per heavy atom. The molecule has 0 fully saturated rings. The van der Waals surface area contributed by atoms with Crippen LogP contribution in [0.3, 0.4) is 0 Å². The molecule has 2 aromatic carbocycles. The molecule has 0 bridgehead atoms. The van der Waals surface area contributed by atoms with E-state index in [0.717, 1.165) is 16.5 Å². The van der Waals surface area contributed by atoms with E-state index in [1.165, 1.54) is 12.1 Å². The van der Waals surface area contributed by atoms with Crippen molar-refractivity contribution in [1.29, 1.82) is 0 Å². The monoisotopic (exact) mass is 434 g/mol. The first kappa shape index (κ1) is 22.4. The van der Waals surface area contributed by atoms with Crippen molar-refractivity contribution in [1.82, 2.24) is 15.6 Å². The Morgan fingerprint density at radius 1 is 1.16 bits per heavy atom. The molecule has 3 aromatic rings. The molecule has 0 saturated heterocycles. The second-order valence-corrected chi connectivity index (χ2v) is 6.82. The molecule has 32 heavy (non-hydrogen) atoms. The quantitative estimate of drug-likeness (QED) is 0.205. The van der Waals surface area contributed by atoms with Gasteiger partial charge in [-0.05, 0) is 30.2 Å². The highest BCUT2D eigenvalue weighted by Gasteiger charge is 2.24. The number of aromatic amines is 1. The molecular weight excluding hydrogens is 412 g/mol. The lowest BCUT2D eigenvalue weighted by molar-refractivity contribution is -0.143. The molecule has 0 radical (unpaired) electrons. The van der Waals surface area contributed by atoms with Crippen LogP contribution < -0.4 is 10.6 Å². The van der Waals surface area contributed by atoms with Gasteiger partial charge in [-0.3, -0.25) is 14.4 Å². The van der Waals surface area contributed by atoms with Crippen molar-refractivity contribution >= 4 is 34.4 Å². The van der Waals surface area contributed by atoms with Crippen molar-refractivity contribution in [2.75, 3.05) is 13.2 Å². The minimum Gasteiger partial charge on any atom is -0.465 e. The number of esters is 1. The van der Waals surface area contributed by atoms with Gasteiger partial charge in [0.05, 0.1) is 12.3 Å². The second-order valence-electron chi connectivity index (χ2n) is 6.82. The Kier molecular flexibility index (Phi) is 7.45. The zero-order valence-electron chi connectivity index (χ0n) is 17.4. The topological polar surface area (TPSA) is 149 Å². The Balaban J connectivity index is 1.84. The minimum absolute atomic E-state index is 0.132. The Bertz CT molecular complexity index is 1180. The van der Waals surface area contributed by atoms with E-state index in [1.807, 2.05) is 24.3 Å². The number of hydrogen-bond acceptors (Lipinski definition) is 5. The summed E-state index contributed by atoms with van der Waals surface area (Å²) in [6.07, 6.45) is 1.95. The Morgan fingerprint density at radius 2 is 1.91 bits per heavy atom. The molecule has 1 aromatic heterocycles. The van der Waals surface area contributed by atoms with Gasteiger partial charge in [-0.1, -0.05) is 41.5 Å². The summed E-state index contributed by atoms with van der Waals surface area (Å²) in [5.74, 6) is -1.70. The van der Waals surface area contributed by atoms with Gasteiger partial charge in [-0.25, -0.2) is 0 Å². The third-order valence-corrected chi connectivity index (χ3v) is 4.73. The number of para-hydroxylation sites is 1. The van der Waals surface area contributed by atoms with Gasteiger partial charge < -0.3 is 20.4 Å². The summed E-state index contributed by atoms with van der Waals surface area (Å²) in [6, 6.07) is 12.9. The van der Waals surface area contributed by atoms with Crippen LogP contribution in [0, 0.1) is 0 Å². The van der Waals surface area contributed by atoms with Crippen LogP contribution >= 0.6 is 0 Å². The maximum Gasteiger partial charge on any atom is 0.325 e. The average Bonchev–Trinajstić information content (AvgIpc) is 3.20. The fourth-order valence-corrected chi connectivity index (χ4v) is 3.26. The lowest BCUT2D eigenvalue weighted by atomic mass is 10.0.